The highest BCUT2D eigenvalue weighted by atomic mass is 31.2. The van der Waals surface area contributed by atoms with Gasteiger partial charge in [-0.2, -0.15) is 0 Å². The number of carbonyl (C=O) groups excluding carboxylic acids is 1. The van der Waals surface area contributed by atoms with Crippen LogP contribution in [0.3, 0.4) is 0 Å². The number of ether oxygens (including phenoxy) is 2. The summed E-state index contributed by atoms with van der Waals surface area (Å²) in [6, 6.07) is 0. The molecule has 6 atom stereocenters. The lowest BCUT2D eigenvalue weighted by Gasteiger charge is -2.41. The van der Waals surface area contributed by atoms with Crippen molar-refractivity contribution in [3.63, 3.8) is 0 Å². The van der Waals surface area contributed by atoms with Crippen molar-refractivity contribution < 1.29 is 58.3 Å². The Bertz CT molecular complexity index is 1280. The molecule has 1 fully saturated rings. The summed E-state index contributed by atoms with van der Waals surface area (Å²) in [6.07, 6.45) is 44.9. The Morgan fingerprint density at radius 3 is 1.23 bits per heavy atom. The number of phosphoric acid groups is 1. The second-order valence-electron chi connectivity index (χ2n) is 19.8. The zero-order valence-electron chi connectivity index (χ0n) is 43.9. The van der Waals surface area contributed by atoms with Crippen molar-refractivity contribution in [2.24, 2.45) is 0 Å². The van der Waals surface area contributed by atoms with Crippen molar-refractivity contribution in [2.75, 3.05) is 19.8 Å². The van der Waals surface area contributed by atoms with E-state index in [4.69, 9.17) is 18.5 Å². The molecule has 0 aliphatic heterocycles. The van der Waals surface area contributed by atoms with E-state index < -0.39 is 63.1 Å². The highest BCUT2D eigenvalue weighted by Crippen LogP contribution is 2.47. The van der Waals surface area contributed by atoms with Crippen molar-refractivity contribution in [3.8, 4) is 0 Å². The quantitative estimate of drug-likeness (QED) is 0.0146. The number of aliphatic hydroxyl groups is 5. The van der Waals surface area contributed by atoms with Gasteiger partial charge in [0.15, 0.2) is 0 Å². The molecule has 12 nitrogen and oxygen atoms in total. The van der Waals surface area contributed by atoms with Crippen molar-refractivity contribution in [1.82, 2.24) is 0 Å². The number of carbonyl (C=O) groups is 1. The van der Waals surface area contributed by atoms with E-state index in [-0.39, 0.29) is 13.0 Å². The predicted molar refractivity (Wildman–Crippen MR) is 281 cm³/mol. The molecule has 1 rings (SSSR count). The van der Waals surface area contributed by atoms with Gasteiger partial charge in [0.25, 0.3) is 0 Å². The second-order valence-corrected chi connectivity index (χ2v) is 21.2. The number of rotatable bonds is 49. The van der Waals surface area contributed by atoms with Crippen molar-refractivity contribution >= 4 is 13.8 Å². The zero-order valence-corrected chi connectivity index (χ0v) is 44.8. The molecule has 0 radical (unpaired) electrons. The first-order valence-electron chi connectivity index (χ1n) is 28.3. The standard InChI is InChI=1S/C56H105O12P/c1-3-5-7-9-11-13-15-17-19-21-23-24-25-26-27-28-30-32-34-36-38-40-42-44-46-65-47-49(48-66-69(63,64)68-56-54(61)52(59)51(58)53(60)55(56)62)67-50(57)45-43-41-39-37-35-33-31-29-22-20-18-16-14-12-10-8-6-4-2/h15,17,21,23,25-26,49,51-56,58-62H,3-14,16,18-20,22,24,27-48H2,1-2H3,(H,63,64)/b17-15-,23-21-,26-25-. The Hall–Kier alpha value is -1.44. The van der Waals surface area contributed by atoms with Gasteiger partial charge in [0.05, 0.1) is 13.2 Å². The van der Waals surface area contributed by atoms with Gasteiger partial charge in [-0.1, -0.05) is 230 Å². The third-order valence-electron chi connectivity index (χ3n) is 13.3. The molecule has 0 amide bonds. The van der Waals surface area contributed by atoms with E-state index in [0.717, 1.165) is 64.2 Å². The van der Waals surface area contributed by atoms with Gasteiger partial charge in [0, 0.05) is 13.0 Å². The molecule has 0 spiro atoms. The van der Waals surface area contributed by atoms with Gasteiger partial charge >= 0.3 is 13.8 Å². The first-order valence-corrected chi connectivity index (χ1v) is 29.8. The summed E-state index contributed by atoms with van der Waals surface area (Å²) in [7, 11) is -5.03. The summed E-state index contributed by atoms with van der Waals surface area (Å²) in [4.78, 5) is 23.3. The molecule has 0 bridgehead atoms. The van der Waals surface area contributed by atoms with Crippen LogP contribution in [-0.4, -0.2) is 98.9 Å². The van der Waals surface area contributed by atoms with Crippen molar-refractivity contribution in [2.45, 2.75) is 294 Å². The number of allylic oxidation sites excluding steroid dienone is 6. The molecule has 0 aromatic rings. The molecular weight excluding hydrogens is 896 g/mol. The Kier molecular flexibility index (Phi) is 44.1. The molecule has 6 unspecified atom stereocenters. The maximum Gasteiger partial charge on any atom is 0.472 e. The monoisotopic (exact) mass is 1000 g/mol. The van der Waals surface area contributed by atoms with Gasteiger partial charge < -0.3 is 39.9 Å². The largest absolute Gasteiger partial charge is 0.472 e. The van der Waals surface area contributed by atoms with Crippen LogP contribution < -0.4 is 0 Å². The van der Waals surface area contributed by atoms with Crippen molar-refractivity contribution in [3.05, 3.63) is 36.5 Å². The molecular formula is C56H105O12P. The van der Waals surface area contributed by atoms with Crippen LogP contribution in [0.15, 0.2) is 36.5 Å². The van der Waals surface area contributed by atoms with Gasteiger partial charge in [0.2, 0.25) is 0 Å². The summed E-state index contributed by atoms with van der Waals surface area (Å²) in [5.74, 6) is -0.475. The van der Waals surface area contributed by atoms with Gasteiger partial charge in [-0.25, -0.2) is 4.57 Å². The van der Waals surface area contributed by atoms with Gasteiger partial charge in [0.1, 0.15) is 42.7 Å². The minimum absolute atomic E-state index is 0.0774. The molecule has 1 saturated carbocycles. The number of hydrogen-bond acceptors (Lipinski definition) is 11. The second kappa shape index (κ2) is 46.4. The highest BCUT2D eigenvalue weighted by molar-refractivity contribution is 7.47. The summed E-state index contributed by atoms with van der Waals surface area (Å²) < 4.78 is 34.4. The lowest BCUT2D eigenvalue weighted by molar-refractivity contribution is -0.220. The number of esters is 1. The van der Waals surface area contributed by atoms with Crippen molar-refractivity contribution in [1.29, 1.82) is 0 Å². The minimum atomic E-state index is -5.03. The predicted octanol–water partition coefficient (Wildman–Crippen LogP) is 13.4. The first kappa shape index (κ1) is 65.6. The van der Waals surface area contributed by atoms with Crippen LogP contribution in [0.2, 0.25) is 0 Å². The molecule has 1 aliphatic rings. The normalized spacial score (nSPS) is 21.2. The molecule has 1 aliphatic carbocycles. The molecule has 13 heteroatoms. The van der Waals surface area contributed by atoms with E-state index in [2.05, 4.69) is 50.3 Å². The topological polar surface area (TPSA) is 192 Å². The Balaban J connectivity index is 2.29. The van der Waals surface area contributed by atoms with Gasteiger partial charge in [-0.3, -0.25) is 13.8 Å². The molecule has 6 N–H and O–H groups in total. The van der Waals surface area contributed by atoms with Crippen LogP contribution in [0, 0.1) is 0 Å². The molecule has 0 heterocycles. The maximum absolute atomic E-state index is 12.9. The van der Waals surface area contributed by atoms with Crippen LogP contribution >= 0.6 is 7.82 Å². The average Bonchev–Trinajstić information content (AvgIpc) is 3.34. The van der Waals surface area contributed by atoms with E-state index in [1.54, 1.807) is 0 Å². The Morgan fingerprint density at radius 1 is 0.464 bits per heavy atom. The Morgan fingerprint density at radius 2 is 0.812 bits per heavy atom. The number of phosphoric ester groups is 1. The molecule has 0 aromatic heterocycles. The van der Waals surface area contributed by atoms with Gasteiger partial charge in [-0.05, 0) is 51.4 Å². The third kappa shape index (κ3) is 37.9. The van der Waals surface area contributed by atoms with Crippen LogP contribution in [0.5, 0.6) is 0 Å². The van der Waals surface area contributed by atoms with E-state index in [9.17, 15) is 39.8 Å². The fourth-order valence-corrected chi connectivity index (χ4v) is 9.75. The van der Waals surface area contributed by atoms with Gasteiger partial charge in [-0.15, -0.1) is 0 Å². The summed E-state index contributed by atoms with van der Waals surface area (Å²) in [5, 5.41) is 50.4. The molecule has 0 aromatic carbocycles. The summed E-state index contributed by atoms with van der Waals surface area (Å²) >= 11 is 0. The smallest absolute Gasteiger partial charge is 0.457 e. The highest BCUT2D eigenvalue weighted by Gasteiger charge is 2.51. The van der Waals surface area contributed by atoms with Crippen LogP contribution in [-0.2, 0) is 27.9 Å². The fraction of sp³-hybridized carbons (Fsp3) is 0.875. The fourth-order valence-electron chi connectivity index (χ4n) is 8.78. The zero-order chi connectivity index (χ0) is 50.5. The molecule has 69 heavy (non-hydrogen) atoms. The molecule has 406 valence electrons. The van der Waals surface area contributed by atoms with E-state index >= 15 is 0 Å². The number of hydrogen-bond donors (Lipinski definition) is 6. The first-order chi connectivity index (χ1) is 33.5. The lowest BCUT2D eigenvalue weighted by atomic mass is 9.85. The molecule has 0 saturated heterocycles. The van der Waals surface area contributed by atoms with Crippen LogP contribution in [0.4, 0.5) is 0 Å². The third-order valence-corrected chi connectivity index (χ3v) is 14.3. The van der Waals surface area contributed by atoms with E-state index in [0.29, 0.717) is 13.0 Å². The van der Waals surface area contributed by atoms with Crippen LogP contribution in [0.25, 0.3) is 0 Å². The summed E-state index contributed by atoms with van der Waals surface area (Å²) in [5.41, 5.74) is 0. The Labute approximate surface area is 421 Å². The number of unbranched alkanes of at least 4 members (excludes halogenated alkanes) is 31. The average molecular weight is 1000 g/mol. The lowest BCUT2D eigenvalue weighted by Crippen LogP contribution is -2.64. The SMILES string of the molecule is CCCCCCC/C=C\C/C=C\C/C=C\CCCCCCCCCCCOCC(COP(=O)(O)OC1C(O)C(O)C(O)C(O)C1O)OC(=O)CCCCCCCCCCCCCCCCCCCC. The van der Waals surface area contributed by atoms with E-state index in [1.165, 1.54) is 161 Å². The summed E-state index contributed by atoms with van der Waals surface area (Å²) in [6.45, 7) is 4.28. The van der Waals surface area contributed by atoms with E-state index in [1.807, 2.05) is 0 Å². The number of aliphatic hydroxyl groups excluding tert-OH is 5. The minimum Gasteiger partial charge on any atom is -0.457 e. The van der Waals surface area contributed by atoms with Crippen LogP contribution in [0.1, 0.15) is 251 Å². The maximum atomic E-state index is 12.9.